The number of para-hydroxylation sites is 2. The number of H-pyrrole nitrogens is 1. The standard InChI is InChI=1S/C61H67N9O10S/c1-6-7-12-31-69-47-17-10-8-15-44(47)60(2,3)51(69)29-27-49-54(50(79-34-33-78-49)28-30-52-61(4,5)45-16-9-11-18-48(45)70(52)32-13-14-35-81(75,76)77)80-43-25-19-39(20-26-43)36-46(58(73)74)66-56(71)40-21-23-41(24-22-40)63-37-42-38-64-55-53(65-42)57(72)68-59(62)67-55/h8-11,15-30,38,46H,6-7,12-14,31-37H2,1-5H3,(H6-,62,63,64,66,67,68,71,72,73,74,75,76,77)/p+1/t46-/m0/s1. The highest BCUT2D eigenvalue weighted by molar-refractivity contribution is 7.85. The SMILES string of the molecule is CCCCC[N+]1=C(/C=C/C2=C(Oc3ccc(C[C@H](NC(=O)c4ccc(NCc5cnc6nc(N)[nH]c(=O)c6n5)cc4)C(=O)O)cc3)C(=C/C=C3/N(CCCCS(=O)(=O)O)c4ccccc4C3(C)C)/OCCO2)C(C)(C)c2ccccc21. The number of aliphatic carboxylic acids is 1. The highest BCUT2D eigenvalue weighted by Gasteiger charge is 2.44. The minimum absolute atomic E-state index is 0.0314. The molecule has 2 aromatic heterocycles. The number of nitrogens with one attached hydrogen (secondary N) is 3. The van der Waals surface area contributed by atoms with Gasteiger partial charge in [0.25, 0.3) is 21.6 Å². The molecule has 9 rings (SSSR count). The largest absolute Gasteiger partial charge is 0.486 e. The molecule has 3 aliphatic heterocycles. The van der Waals surface area contributed by atoms with Crippen LogP contribution < -0.4 is 31.6 Å². The quantitative estimate of drug-likeness (QED) is 0.0210. The third kappa shape index (κ3) is 13.2. The van der Waals surface area contributed by atoms with Crippen LogP contribution in [0, 0.1) is 0 Å². The molecule has 422 valence electrons. The highest BCUT2D eigenvalue weighted by atomic mass is 32.2. The van der Waals surface area contributed by atoms with Crippen LogP contribution in [0.4, 0.5) is 23.0 Å². The van der Waals surface area contributed by atoms with Crippen molar-refractivity contribution in [2.45, 2.75) is 96.6 Å². The number of carbonyl (C=O) groups excluding carboxylic acids is 1. The second-order valence-electron chi connectivity index (χ2n) is 21.2. The molecule has 0 saturated carbocycles. The summed E-state index contributed by atoms with van der Waals surface area (Å²) in [5.74, 6) is -0.615. The molecule has 19 nitrogen and oxygen atoms in total. The van der Waals surface area contributed by atoms with Crippen LogP contribution >= 0.6 is 0 Å². The molecule has 0 radical (unpaired) electrons. The molecule has 1 atom stereocenters. The Hall–Kier alpha value is -8.62. The zero-order chi connectivity index (χ0) is 57.5. The van der Waals surface area contributed by atoms with Crippen molar-refractivity contribution in [2.24, 2.45) is 0 Å². The fraction of sp³-hybridized carbons (Fsp3) is 0.328. The second-order valence-corrected chi connectivity index (χ2v) is 22.8. The lowest BCUT2D eigenvalue weighted by Crippen LogP contribution is -2.42. The Balaban J connectivity index is 0.976. The number of hydrogen-bond donors (Lipinski definition) is 6. The van der Waals surface area contributed by atoms with Crippen LogP contribution in [0.15, 0.2) is 155 Å². The zero-order valence-electron chi connectivity index (χ0n) is 46.1. The zero-order valence-corrected chi connectivity index (χ0v) is 46.9. The van der Waals surface area contributed by atoms with Gasteiger partial charge in [0.05, 0.1) is 29.6 Å². The van der Waals surface area contributed by atoms with E-state index in [2.05, 4.69) is 117 Å². The first kappa shape index (κ1) is 57.1. The van der Waals surface area contributed by atoms with Crippen molar-refractivity contribution in [2.75, 3.05) is 48.0 Å². The van der Waals surface area contributed by atoms with Gasteiger partial charge in [0.2, 0.25) is 17.4 Å². The van der Waals surface area contributed by atoms with Gasteiger partial charge in [-0.1, -0.05) is 75.7 Å². The summed E-state index contributed by atoms with van der Waals surface area (Å²) < 4.78 is 54.9. The van der Waals surface area contributed by atoms with E-state index >= 15 is 0 Å². The molecule has 20 heteroatoms. The Morgan fingerprint density at radius 1 is 0.889 bits per heavy atom. The maximum atomic E-state index is 13.5. The number of benzene rings is 4. The summed E-state index contributed by atoms with van der Waals surface area (Å²) in [6.45, 7) is 12.9. The van der Waals surface area contributed by atoms with Gasteiger partial charge in [-0.3, -0.25) is 19.1 Å². The number of nitrogens with zero attached hydrogens (tertiary/aromatic N) is 5. The van der Waals surface area contributed by atoms with Gasteiger partial charge >= 0.3 is 5.97 Å². The number of unbranched alkanes of at least 4 members (excludes halogenated alkanes) is 3. The second kappa shape index (κ2) is 24.4. The molecule has 0 unspecified atom stereocenters. The van der Waals surface area contributed by atoms with Gasteiger partial charge in [0.1, 0.15) is 31.5 Å². The van der Waals surface area contributed by atoms with Crippen molar-refractivity contribution in [1.29, 1.82) is 0 Å². The Kier molecular flexibility index (Phi) is 17.2. The number of nitrogens with two attached hydrogens (primary N) is 1. The van der Waals surface area contributed by atoms with E-state index < -0.39 is 39.0 Å². The Labute approximate surface area is 470 Å². The Morgan fingerprint density at radius 3 is 2.36 bits per heavy atom. The minimum atomic E-state index is -4.11. The normalized spacial score (nSPS) is 17.0. The van der Waals surface area contributed by atoms with Gasteiger partial charge in [-0.2, -0.15) is 18.0 Å². The minimum Gasteiger partial charge on any atom is -0.486 e. The van der Waals surface area contributed by atoms with Crippen LogP contribution in [0.1, 0.15) is 99.5 Å². The fourth-order valence-corrected chi connectivity index (χ4v) is 11.1. The summed E-state index contributed by atoms with van der Waals surface area (Å²) in [6.07, 6.45) is 13.4. The molecule has 0 fully saturated rings. The smallest absolute Gasteiger partial charge is 0.326 e. The number of ether oxygens (including phenoxy) is 3. The van der Waals surface area contributed by atoms with Crippen LogP contribution in [-0.2, 0) is 48.2 Å². The van der Waals surface area contributed by atoms with Crippen LogP contribution in [0.25, 0.3) is 11.2 Å². The van der Waals surface area contributed by atoms with Gasteiger partial charge in [0.15, 0.2) is 28.4 Å². The molecule has 0 spiro atoms. The molecule has 1 amide bonds. The first-order chi connectivity index (χ1) is 38.8. The van der Waals surface area contributed by atoms with E-state index in [1.165, 1.54) is 17.4 Å². The molecular weight excluding hydrogens is 1050 g/mol. The topological polar surface area (TPSA) is 264 Å². The van der Waals surface area contributed by atoms with Crippen molar-refractivity contribution in [3.8, 4) is 5.75 Å². The predicted octanol–water partition coefficient (Wildman–Crippen LogP) is 9.03. The molecule has 4 aromatic carbocycles. The molecule has 0 aliphatic carbocycles. The Bertz CT molecular complexity index is 3680. The van der Waals surface area contributed by atoms with Gasteiger partial charge in [0, 0.05) is 65.1 Å². The molecule has 0 saturated heterocycles. The molecule has 7 N–H and O–H groups in total. The number of carbonyl (C=O) groups is 2. The lowest BCUT2D eigenvalue weighted by Gasteiger charge is -2.27. The third-order valence-corrected chi connectivity index (χ3v) is 15.5. The van der Waals surface area contributed by atoms with E-state index in [-0.39, 0.29) is 66.4 Å². The van der Waals surface area contributed by atoms with E-state index in [1.54, 1.807) is 48.5 Å². The number of allylic oxidation sites excluding steroid dienone is 5. The van der Waals surface area contributed by atoms with Crippen LogP contribution in [0.3, 0.4) is 0 Å². The molecule has 6 aromatic rings. The summed E-state index contributed by atoms with van der Waals surface area (Å²) in [7, 11) is -4.11. The van der Waals surface area contributed by atoms with E-state index in [0.717, 1.165) is 48.5 Å². The number of aromatic amines is 1. The number of hydrogen-bond acceptors (Lipinski definition) is 14. The number of nitrogen functional groups attached to an aromatic ring is 1. The van der Waals surface area contributed by atoms with E-state index in [1.807, 2.05) is 30.4 Å². The number of carboxylic acid groups (broad SMARTS) is 1. The summed E-state index contributed by atoms with van der Waals surface area (Å²) in [5.41, 5.74) is 13.0. The lowest BCUT2D eigenvalue weighted by molar-refractivity contribution is -0.438. The molecular formula is C61H68N9O10S+. The average molecular weight is 1120 g/mol. The maximum Gasteiger partial charge on any atom is 0.326 e. The molecule has 3 aliphatic rings. The number of aromatic nitrogens is 4. The summed E-state index contributed by atoms with van der Waals surface area (Å²) in [5, 5.41) is 16.2. The number of amides is 1. The highest BCUT2D eigenvalue weighted by Crippen LogP contribution is 2.48. The van der Waals surface area contributed by atoms with E-state index in [9.17, 15) is 32.5 Å². The van der Waals surface area contributed by atoms with Crippen molar-refractivity contribution in [3.05, 3.63) is 189 Å². The van der Waals surface area contributed by atoms with Gasteiger partial charge in [-0.15, -0.1) is 0 Å². The van der Waals surface area contributed by atoms with Crippen molar-refractivity contribution in [3.63, 3.8) is 0 Å². The number of rotatable bonds is 22. The molecule has 81 heavy (non-hydrogen) atoms. The predicted molar refractivity (Wildman–Crippen MR) is 311 cm³/mol. The van der Waals surface area contributed by atoms with Gasteiger partial charge in [-0.25, -0.2) is 14.8 Å². The summed E-state index contributed by atoms with van der Waals surface area (Å²) >= 11 is 0. The molecule has 5 heterocycles. The van der Waals surface area contributed by atoms with Crippen molar-refractivity contribution in [1.82, 2.24) is 25.3 Å². The number of carboxylic acids is 1. The third-order valence-electron chi connectivity index (χ3n) is 14.7. The first-order valence-electron chi connectivity index (χ1n) is 27.1. The van der Waals surface area contributed by atoms with Crippen LogP contribution in [-0.4, -0.2) is 98.3 Å². The van der Waals surface area contributed by atoms with Crippen molar-refractivity contribution >= 4 is 61.9 Å². The van der Waals surface area contributed by atoms with E-state index in [0.29, 0.717) is 52.9 Å². The van der Waals surface area contributed by atoms with Gasteiger partial charge < -0.3 is 40.6 Å². The van der Waals surface area contributed by atoms with Crippen molar-refractivity contribution < 1.29 is 46.5 Å². The van der Waals surface area contributed by atoms with Crippen LogP contribution in [0.5, 0.6) is 5.75 Å². The number of anilines is 3. The first-order valence-corrected chi connectivity index (χ1v) is 28.7. The Morgan fingerprint density at radius 2 is 1.62 bits per heavy atom. The maximum absolute atomic E-state index is 13.5. The fourth-order valence-electron chi connectivity index (χ4n) is 10.5. The lowest BCUT2D eigenvalue weighted by atomic mass is 9.81. The monoisotopic (exact) mass is 1120 g/mol. The molecule has 0 bridgehead atoms. The summed E-state index contributed by atoms with van der Waals surface area (Å²) in [6, 6.07) is 28.8. The van der Waals surface area contributed by atoms with Crippen LogP contribution in [0.2, 0.25) is 0 Å². The van der Waals surface area contributed by atoms with E-state index in [4.69, 9.17) is 19.9 Å². The average Bonchev–Trinajstić information content (AvgIpc) is 3.97. The summed E-state index contributed by atoms with van der Waals surface area (Å²) in [4.78, 5) is 55.5. The van der Waals surface area contributed by atoms with Gasteiger partial charge in [-0.05, 0) is 105 Å². The number of fused-ring (bicyclic) bond motifs is 3.